The average Bonchev–Trinajstić information content (AvgIpc) is 2.78. The Hall–Kier alpha value is -1.83. The number of benzene rings is 2. The van der Waals surface area contributed by atoms with Crippen LogP contribution in [0, 0.1) is 0 Å². The van der Waals surface area contributed by atoms with Crippen molar-refractivity contribution < 1.29 is 27.8 Å². The molecular weight excluding hydrogens is 442 g/mol. The van der Waals surface area contributed by atoms with Gasteiger partial charge in [-0.3, -0.25) is 4.79 Å². The zero-order chi connectivity index (χ0) is 20.7. The van der Waals surface area contributed by atoms with Gasteiger partial charge in [0.05, 0.1) is 16.5 Å². The van der Waals surface area contributed by atoms with Crippen molar-refractivity contribution in [2.75, 3.05) is 5.32 Å². The summed E-state index contributed by atoms with van der Waals surface area (Å²) in [5, 5.41) is 12.9. The number of carbonyl (C=O) groups is 1. The highest BCUT2D eigenvalue weighted by Crippen LogP contribution is 2.49. The Morgan fingerprint density at radius 1 is 1.21 bits per heavy atom. The van der Waals surface area contributed by atoms with E-state index in [1.165, 1.54) is 18.2 Å². The van der Waals surface area contributed by atoms with Crippen LogP contribution in [-0.2, 0) is 16.6 Å². The lowest BCUT2D eigenvalue weighted by atomic mass is 9.74. The zero-order valence-electron chi connectivity index (χ0n) is 14.0. The maximum atomic E-state index is 12.5. The molecule has 3 rings (SSSR count). The van der Waals surface area contributed by atoms with Crippen molar-refractivity contribution in [1.82, 2.24) is 0 Å². The first-order valence-electron chi connectivity index (χ1n) is 7.97. The van der Waals surface area contributed by atoms with Crippen LogP contribution in [0.1, 0.15) is 17.5 Å². The second kappa shape index (κ2) is 7.54. The molecule has 2 aromatic rings. The Morgan fingerprint density at radius 3 is 2.54 bits per heavy atom. The molecule has 1 aliphatic heterocycles. The second-order valence-electron chi connectivity index (χ2n) is 6.42. The number of fused-ring (bicyclic) bond motifs is 1. The van der Waals surface area contributed by atoms with Crippen LogP contribution in [0.5, 0.6) is 5.75 Å². The fourth-order valence-corrected chi connectivity index (χ4v) is 4.12. The molecule has 0 bridgehead atoms. The van der Waals surface area contributed by atoms with E-state index >= 15 is 0 Å². The normalized spacial score (nSPS) is 21.1. The molecule has 150 valence electrons. The summed E-state index contributed by atoms with van der Waals surface area (Å²) in [5.41, 5.74) is -0.521. The number of carboxylic acids is 1. The lowest BCUT2D eigenvalue weighted by Gasteiger charge is -2.31. The number of aliphatic carboxylic acids is 1. The molecule has 2 atom stereocenters. The van der Waals surface area contributed by atoms with Crippen LogP contribution in [0.15, 0.2) is 36.4 Å². The highest BCUT2D eigenvalue weighted by Gasteiger charge is 2.48. The van der Waals surface area contributed by atoms with E-state index in [0.717, 1.165) is 6.07 Å². The summed E-state index contributed by atoms with van der Waals surface area (Å²) >= 11 is 18.6. The maximum absolute atomic E-state index is 12.5. The minimum atomic E-state index is -4.84. The molecule has 0 saturated heterocycles. The van der Waals surface area contributed by atoms with Crippen molar-refractivity contribution in [2.45, 2.75) is 30.1 Å². The van der Waals surface area contributed by atoms with Crippen molar-refractivity contribution in [3.63, 3.8) is 0 Å². The van der Waals surface area contributed by atoms with Gasteiger partial charge in [-0.2, -0.15) is 0 Å². The summed E-state index contributed by atoms with van der Waals surface area (Å²) in [6, 6.07) is 8.42. The fraction of sp³-hybridized carbons (Fsp3) is 0.278. The minimum Gasteiger partial charge on any atom is -0.481 e. The quantitative estimate of drug-likeness (QED) is 0.440. The van der Waals surface area contributed by atoms with E-state index in [1.807, 2.05) is 0 Å². The zero-order valence-corrected chi connectivity index (χ0v) is 16.3. The number of alkyl halides is 4. The Kier molecular flexibility index (Phi) is 5.62. The van der Waals surface area contributed by atoms with E-state index < -0.39 is 29.0 Å². The van der Waals surface area contributed by atoms with Gasteiger partial charge in [0.25, 0.3) is 0 Å². The van der Waals surface area contributed by atoms with Gasteiger partial charge in [-0.1, -0.05) is 46.9 Å². The number of hydrogen-bond acceptors (Lipinski definition) is 3. The molecule has 0 fully saturated rings. The monoisotopic (exact) mass is 453 g/mol. The average molecular weight is 455 g/mol. The van der Waals surface area contributed by atoms with Gasteiger partial charge in [-0.25, -0.2) is 0 Å². The van der Waals surface area contributed by atoms with Crippen LogP contribution in [0.3, 0.4) is 0 Å². The highest BCUT2D eigenvalue weighted by molar-refractivity contribution is 6.42. The van der Waals surface area contributed by atoms with Crippen LogP contribution < -0.4 is 10.1 Å². The molecular formula is C18H13Cl3F3NO3. The molecule has 0 aromatic heterocycles. The third-order valence-electron chi connectivity index (χ3n) is 4.48. The molecule has 0 amide bonds. The summed E-state index contributed by atoms with van der Waals surface area (Å²) in [4.78, 5) is 11.6. The van der Waals surface area contributed by atoms with Crippen molar-refractivity contribution in [2.24, 2.45) is 0 Å². The molecule has 1 heterocycles. The molecule has 0 radical (unpaired) electrons. The standard InChI is InChI=1S/C18H13Cl3F3NO3/c19-12-5-11-14(6-13(12)20)25-16(21)17(11,8-15(26)27)7-9-2-1-3-10(4-9)28-18(22,23)24/h1-6,16,25H,7-8H2,(H,26,27). The minimum absolute atomic E-state index is 0.0421. The molecule has 0 aliphatic carbocycles. The second-order valence-corrected chi connectivity index (χ2v) is 7.67. The molecule has 2 unspecified atom stereocenters. The smallest absolute Gasteiger partial charge is 0.481 e. The molecule has 2 aromatic carbocycles. The van der Waals surface area contributed by atoms with E-state index in [4.69, 9.17) is 34.8 Å². The SMILES string of the molecule is O=C(O)CC1(Cc2cccc(OC(F)(F)F)c2)c2cc(Cl)c(Cl)cc2NC1Cl. The Bertz CT molecular complexity index is 923. The lowest BCUT2D eigenvalue weighted by molar-refractivity contribution is -0.274. The van der Waals surface area contributed by atoms with Crippen LogP contribution in [-0.4, -0.2) is 22.9 Å². The molecule has 2 N–H and O–H groups in total. The molecule has 1 aliphatic rings. The highest BCUT2D eigenvalue weighted by atomic mass is 35.5. The summed E-state index contributed by atoms with van der Waals surface area (Å²) in [6.45, 7) is 0. The van der Waals surface area contributed by atoms with E-state index in [9.17, 15) is 23.1 Å². The predicted molar refractivity (Wildman–Crippen MR) is 100 cm³/mol. The third-order valence-corrected chi connectivity index (χ3v) is 5.73. The van der Waals surface area contributed by atoms with Gasteiger partial charge in [0.1, 0.15) is 11.3 Å². The maximum Gasteiger partial charge on any atom is 0.573 e. The molecule has 0 saturated carbocycles. The van der Waals surface area contributed by atoms with Crippen LogP contribution >= 0.6 is 34.8 Å². The van der Waals surface area contributed by atoms with Gasteiger partial charge in [0.15, 0.2) is 0 Å². The predicted octanol–water partition coefficient (Wildman–Crippen LogP) is 5.84. The van der Waals surface area contributed by atoms with Gasteiger partial charge >= 0.3 is 12.3 Å². The number of ether oxygens (including phenoxy) is 1. The van der Waals surface area contributed by atoms with Gasteiger partial charge < -0.3 is 15.2 Å². The first-order valence-corrected chi connectivity index (χ1v) is 9.16. The topological polar surface area (TPSA) is 58.6 Å². The summed E-state index contributed by atoms with van der Waals surface area (Å²) in [7, 11) is 0. The number of rotatable bonds is 5. The van der Waals surface area contributed by atoms with Crippen molar-refractivity contribution in [3.05, 3.63) is 57.6 Å². The van der Waals surface area contributed by atoms with Crippen molar-refractivity contribution in [1.29, 1.82) is 0 Å². The lowest BCUT2D eigenvalue weighted by Crippen LogP contribution is -2.39. The van der Waals surface area contributed by atoms with Crippen LogP contribution in [0.25, 0.3) is 0 Å². The van der Waals surface area contributed by atoms with Gasteiger partial charge in [-0.05, 0) is 41.8 Å². The fourth-order valence-electron chi connectivity index (χ4n) is 3.41. The van der Waals surface area contributed by atoms with E-state index in [0.29, 0.717) is 16.8 Å². The number of nitrogens with one attached hydrogen (secondary N) is 1. The number of carboxylic acid groups (broad SMARTS) is 1. The first kappa shape index (κ1) is 20.9. The number of anilines is 1. The van der Waals surface area contributed by atoms with E-state index in [-0.39, 0.29) is 22.9 Å². The van der Waals surface area contributed by atoms with Gasteiger partial charge in [-0.15, -0.1) is 13.2 Å². The summed E-state index contributed by atoms with van der Waals surface area (Å²) in [6.07, 6.45) is -5.16. The summed E-state index contributed by atoms with van der Waals surface area (Å²) < 4.78 is 41.5. The summed E-state index contributed by atoms with van der Waals surface area (Å²) in [5.74, 6) is -1.52. The largest absolute Gasteiger partial charge is 0.573 e. The van der Waals surface area contributed by atoms with Crippen LogP contribution in [0.2, 0.25) is 10.0 Å². The third kappa shape index (κ3) is 4.26. The molecule has 28 heavy (non-hydrogen) atoms. The van der Waals surface area contributed by atoms with Crippen LogP contribution in [0.4, 0.5) is 18.9 Å². The van der Waals surface area contributed by atoms with Crippen molar-refractivity contribution >= 4 is 46.5 Å². The van der Waals surface area contributed by atoms with Gasteiger partial charge in [0, 0.05) is 11.1 Å². The van der Waals surface area contributed by atoms with E-state index in [1.54, 1.807) is 12.1 Å². The Labute approximate surface area is 173 Å². The van der Waals surface area contributed by atoms with E-state index in [2.05, 4.69) is 10.1 Å². The molecule has 0 spiro atoms. The number of hydrogen-bond donors (Lipinski definition) is 2. The number of halogens is 6. The first-order chi connectivity index (χ1) is 13.0. The molecule has 10 heteroatoms. The molecule has 4 nitrogen and oxygen atoms in total. The Morgan fingerprint density at radius 2 is 1.89 bits per heavy atom. The van der Waals surface area contributed by atoms with Gasteiger partial charge in [0.2, 0.25) is 0 Å². The Balaban J connectivity index is 2.04. The van der Waals surface area contributed by atoms with Crippen molar-refractivity contribution in [3.8, 4) is 5.75 Å².